The quantitative estimate of drug-likeness (QED) is 0.821. The topological polar surface area (TPSA) is 81.4 Å². The summed E-state index contributed by atoms with van der Waals surface area (Å²) in [7, 11) is -3.84. The average Bonchev–Trinajstić information content (AvgIpc) is 2.92. The fourth-order valence-corrected chi connectivity index (χ4v) is 3.34. The second kappa shape index (κ2) is 6.62. The number of rotatable bonds is 6. The van der Waals surface area contributed by atoms with Gasteiger partial charge < -0.3 is 10.5 Å². The van der Waals surface area contributed by atoms with Crippen LogP contribution in [0.4, 0.5) is 4.39 Å². The molecule has 1 aromatic carbocycles. The normalized spacial score (nSPS) is 19.4. The van der Waals surface area contributed by atoms with Gasteiger partial charge in [0, 0.05) is 26.3 Å². The third-order valence-electron chi connectivity index (χ3n) is 3.39. The fourth-order valence-electron chi connectivity index (χ4n) is 2.17. The Morgan fingerprint density at radius 2 is 2.25 bits per heavy atom. The van der Waals surface area contributed by atoms with Crippen molar-refractivity contribution >= 4 is 10.0 Å². The molecular weight excluding hydrogens is 283 g/mol. The molecule has 1 saturated heterocycles. The molecule has 7 heteroatoms. The van der Waals surface area contributed by atoms with Gasteiger partial charge in [-0.2, -0.15) is 0 Å². The highest BCUT2D eigenvalue weighted by Gasteiger charge is 2.21. The molecule has 1 aliphatic rings. The first kappa shape index (κ1) is 15.4. The maximum Gasteiger partial charge on any atom is 0.243 e. The van der Waals surface area contributed by atoms with Crippen molar-refractivity contribution in [2.24, 2.45) is 11.7 Å². The van der Waals surface area contributed by atoms with Crippen LogP contribution in [0.25, 0.3) is 0 Å². The largest absolute Gasteiger partial charge is 0.381 e. The second-order valence-corrected chi connectivity index (χ2v) is 6.62. The van der Waals surface area contributed by atoms with E-state index in [1.165, 1.54) is 12.1 Å². The molecular formula is C13H19FN2O3S. The van der Waals surface area contributed by atoms with Crippen molar-refractivity contribution in [1.82, 2.24) is 4.72 Å². The van der Waals surface area contributed by atoms with Gasteiger partial charge >= 0.3 is 0 Å². The maximum absolute atomic E-state index is 13.6. The minimum absolute atomic E-state index is 0.169. The van der Waals surface area contributed by atoms with Crippen molar-refractivity contribution in [3.05, 3.63) is 29.6 Å². The molecule has 1 aromatic rings. The van der Waals surface area contributed by atoms with E-state index in [-0.39, 0.29) is 18.0 Å². The van der Waals surface area contributed by atoms with E-state index in [1.54, 1.807) is 0 Å². The summed E-state index contributed by atoms with van der Waals surface area (Å²) in [6.45, 7) is 1.84. The lowest BCUT2D eigenvalue weighted by atomic mass is 10.1. The van der Waals surface area contributed by atoms with Gasteiger partial charge in [-0.15, -0.1) is 0 Å². The summed E-state index contributed by atoms with van der Waals surface area (Å²) in [5, 5.41) is 0. The first-order valence-electron chi connectivity index (χ1n) is 6.59. The molecule has 2 rings (SSSR count). The molecule has 0 aliphatic carbocycles. The van der Waals surface area contributed by atoms with Crippen molar-refractivity contribution in [3.8, 4) is 0 Å². The monoisotopic (exact) mass is 302 g/mol. The molecule has 112 valence electrons. The van der Waals surface area contributed by atoms with Crippen molar-refractivity contribution < 1.29 is 17.5 Å². The molecule has 0 saturated carbocycles. The Labute approximate surface area is 118 Å². The SMILES string of the molecule is NCc1ccc(F)c(S(=O)(=O)NCCC2CCOC2)c1. The average molecular weight is 302 g/mol. The third-order valence-corrected chi connectivity index (χ3v) is 4.87. The van der Waals surface area contributed by atoms with Gasteiger partial charge in [0.25, 0.3) is 0 Å². The van der Waals surface area contributed by atoms with Gasteiger partial charge in [0.2, 0.25) is 10.0 Å². The number of nitrogens with two attached hydrogens (primary N) is 1. The summed E-state index contributed by atoms with van der Waals surface area (Å²) < 4.78 is 45.4. The van der Waals surface area contributed by atoms with Crippen LogP contribution in [-0.2, 0) is 21.3 Å². The summed E-state index contributed by atoms with van der Waals surface area (Å²) in [6.07, 6.45) is 1.64. The first-order valence-corrected chi connectivity index (χ1v) is 8.07. The zero-order valence-corrected chi connectivity index (χ0v) is 12.0. The van der Waals surface area contributed by atoms with Crippen LogP contribution in [0.2, 0.25) is 0 Å². The van der Waals surface area contributed by atoms with Gasteiger partial charge in [-0.1, -0.05) is 6.07 Å². The number of sulfonamides is 1. The molecule has 1 heterocycles. The Balaban J connectivity index is 2.01. The van der Waals surface area contributed by atoms with Gasteiger partial charge in [0.05, 0.1) is 0 Å². The number of hydrogen-bond acceptors (Lipinski definition) is 4. The highest BCUT2D eigenvalue weighted by molar-refractivity contribution is 7.89. The highest BCUT2D eigenvalue weighted by Crippen LogP contribution is 2.18. The number of ether oxygens (including phenoxy) is 1. The zero-order valence-electron chi connectivity index (χ0n) is 11.1. The van der Waals surface area contributed by atoms with Crippen LogP contribution < -0.4 is 10.5 Å². The van der Waals surface area contributed by atoms with Crippen LogP contribution in [-0.4, -0.2) is 28.2 Å². The molecule has 0 radical (unpaired) electrons. The van der Waals surface area contributed by atoms with E-state index in [2.05, 4.69) is 4.72 Å². The van der Waals surface area contributed by atoms with Crippen molar-refractivity contribution in [2.45, 2.75) is 24.3 Å². The summed E-state index contributed by atoms with van der Waals surface area (Å²) in [5.41, 5.74) is 6.02. The summed E-state index contributed by atoms with van der Waals surface area (Å²) in [5.74, 6) is -0.392. The first-order chi connectivity index (χ1) is 9.53. The summed E-state index contributed by atoms with van der Waals surface area (Å²) in [6, 6.07) is 3.88. The number of benzene rings is 1. The molecule has 5 nitrogen and oxygen atoms in total. The lowest BCUT2D eigenvalue weighted by molar-refractivity contribution is 0.184. The number of hydrogen-bond donors (Lipinski definition) is 2. The van der Waals surface area contributed by atoms with Gasteiger partial charge in [-0.3, -0.25) is 0 Å². The van der Waals surface area contributed by atoms with E-state index < -0.39 is 15.8 Å². The van der Waals surface area contributed by atoms with E-state index in [4.69, 9.17) is 10.5 Å². The minimum Gasteiger partial charge on any atom is -0.381 e. The molecule has 0 spiro atoms. The van der Waals surface area contributed by atoms with Gasteiger partial charge in [0.15, 0.2) is 0 Å². The lowest BCUT2D eigenvalue weighted by Crippen LogP contribution is -2.27. The van der Waals surface area contributed by atoms with Crippen LogP contribution in [0.1, 0.15) is 18.4 Å². The molecule has 1 fully saturated rings. The standard InChI is InChI=1S/C13H19FN2O3S/c14-12-2-1-11(8-15)7-13(12)20(17,18)16-5-3-10-4-6-19-9-10/h1-2,7,10,16H,3-6,8-9,15H2. The molecule has 3 N–H and O–H groups in total. The Hall–Kier alpha value is -1.02. The molecule has 1 atom stereocenters. The predicted molar refractivity (Wildman–Crippen MR) is 73.0 cm³/mol. The van der Waals surface area contributed by atoms with Crippen LogP contribution in [0, 0.1) is 11.7 Å². The molecule has 20 heavy (non-hydrogen) atoms. The number of halogens is 1. The molecule has 0 amide bonds. The molecule has 0 bridgehead atoms. The number of nitrogens with one attached hydrogen (secondary N) is 1. The Morgan fingerprint density at radius 1 is 1.45 bits per heavy atom. The van der Waals surface area contributed by atoms with E-state index in [0.717, 1.165) is 19.1 Å². The van der Waals surface area contributed by atoms with Crippen molar-refractivity contribution in [2.75, 3.05) is 19.8 Å². The van der Waals surface area contributed by atoms with Gasteiger partial charge in [-0.25, -0.2) is 17.5 Å². The van der Waals surface area contributed by atoms with Crippen molar-refractivity contribution in [3.63, 3.8) is 0 Å². The van der Waals surface area contributed by atoms with Crippen LogP contribution in [0.5, 0.6) is 0 Å². The van der Waals surface area contributed by atoms with E-state index in [0.29, 0.717) is 24.5 Å². The van der Waals surface area contributed by atoms with Crippen LogP contribution in [0.15, 0.2) is 23.1 Å². The minimum atomic E-state index is -3.84. The maximum atomic E-state index is 13.6. The van der Waals surface area contributed by atoms with E-state index in [9.17, 15) is 12.8 Å². The lowest BCUT2D eigenvalue weighted by Gasteiger charge is -2.11. The molecule has 1 aliphatic heterocycles. The molecule has 0 aromatic heterocycles. The summed E-state index contributed by atoms with van der Waals surface area (Å²) >= 11 is 0. The van der Waals surface area contributed by atoms with Gasteiger partial charge in [-0.05, 0) is 36.5 Å². The van der Waals surface area contributed by atoms with Crippen LogP contribution in [0.3, 0.4) is 0 Å². The van der Waals surface area contributed by atoms with Gasteiger partial charge in [0.1, 0.15) is 10.7 Å². The third kappa shape index (κ3) is 3.76. The predicted octanol–water partition coefficient (Wildman–Crippen LogP) is 0.989. The summed E-state index contributed by atoms with van der Waals surface area (Å²) in [4.78, 5) is -0.344. The second-order valence-electron chi connectivity index (χ2n) is 4.88. The Morgan fingerprint density at radius 3 is 2.90 bits per heavy atom. The molecule has 1 unspecified atom stereocenters. The zero-order chi connectivity index (χ0) is 14.6. The fraction of sp³-hybridized carbons (Fsp3) is 0.538. The van der Waals surface area contributed by atoms with Crippen LogP contribution >= 0.6 is 0 Å². The Bertz CT molecular complexity index is 557. The van der Waals surface area contributed by atoms with E-state index >= 15 is 0 Å². The highest BCUT2D eigenvalue weighted by atomic mass is 32.2. The smallest absolute Gasteiger partial charge is 0.243 e. The van der Waals surface area contributed by atoms with Crippen molar-refractivity contribution in [1.29, 1.82) is 0 Å². The Kier molecular flexibility index (Phi) is 5.09. The van der Waals surface area contributed by atoms with E-state index in [1.807, 2.05) is 0 Å².